The Labute approximate surface area is 106 Å². The first-order valence-corrected chi connectivity index (χ1v) is 6.89. The molecule has 0 bridgehead atoms. The highest BCUT2D eigenvalue weighted by Gasteiger charge is 2.47. The normalized spacial score (nSPS) is 41.0. The summed E-state index contributed by atoms with van der Waals surface area (Å²) in [6.07, 6.45) is -1.02. The number of aliphatic imine (C=N–C) groups is 1. The molecule has 1 saturated carbocycles. The van der Waals surface area contributed by atoms with Crippen molar-refractivity contribution in [3.63, 3.8) is 0 Å². The predicted octanol–water partition coefficient (Wildman–Crippen LogP) is -0.488. The average Bonchev–Trinajstić information content (AvgIpc) is 2.76. The van der Waals surface area contributed by atoms with Gasteiger partial charge in [-0.1, -0.05) is 11.8 Å². The Kier molecular flexibility index (Phi) is 3.97. The molecule has 0 saturated heterocycles. The lowest BCUT2D eigenvalue weighted by atomic mass is 9.81. The van der Waals surface area contributed by atoms with Crippen LogP contribution in [0, 0.1) is 5.92 Å². The van der Waals surface area contributed by atoms with Crippen molar-refractivity contribution in [2.45, 2.75) is 36.8 Å². The van der Waals surface area contributed by atoms with Crippen LogP contribution < -0.4 is 0 Å². The fourth-order valence-electron chi connectivity index (χ4n) is 2.36. The van der Waals surface area contributed by atoms with Gasteiger partial charge in [0.2, 0.25) is 0 Å². The second-order valence-electron chi connectivity index (χ2n) is 4.73. The maximum atomic E-state index is 10.0. The Bertz CT molecular complexity index is 313. The van der Waals surface area contributed by atoms with Gasteiger partial charge in [-0.2, -0.15) is 0 Å². The van der Waals surface area contributed by atoms with Gasteiger partial charge in [0.1, 0.15) is 6.10 Å². The van der Waals surface area contributed by atoms with Gasteiger partial charge in [0.05, 0.1) is 12.1 Å². The third-order valence-corrected chi connectivity index (χ3v) is 5.05. The maximum Gasteiger partial charge on any atom is 0.159 e. The zero-order chi connectivity index (χ0) is 12.6. The minimum absolute atomic E-state index is 0.0824. The summed E-state index contributed by atoms with van der Waals surface area (Å²) in [4.78, 5) is 6.53. The zero-order valence-corrected chi connectivity index (χ0v) is 11.0. The van der Waals surface area contributed by atoms with Crippen LogP contribution in [-0.2, 0) is 0 Å². The van der Waals surface area contributed by atoms with Crippen LogP contribution in [0.25, 0.3) is 0 Å². The molecule has 5 nitrogen and oxygen atoms in total. The van der Waals surface area contributed by atoms with Gasteiger partial charge in [-0.15, -0.1) is 0 Å². The van der Waals surface area contributed by atoms with Gasteiger partial charge in [-0.25, -0.2) is 0 Å². The van der Waals surface area contributed by atoms with Crippen LogP contribution >= 0.6 is 11.8 Å². The molecule has 5 atom stereocenters. The predicted molar refractivity (Wildman–Crippen MR) is 68.1 cm³/mol. The Hall–Kier alpha value is -0.300. The monoisotopic (exact) mass is 260 g/mol. The van der Waals surface area contributed by atoms with E-state index in [4.69, 9.17) is 0 Å². The lowest BCUT2D eigenvalue weighted by molar-refractivity contribution is -0.0646. The largest absolute Gasteiger partial charge is 0.396 e. The third-order valence-electron chi connectivity index (χ3n) is 3.65. The Balaban J connectivity index is 2.12. The van der Waals surface area contributed by atoms with E-state index >= 15 is 0 Å². The molecular weight excluding hydrogens is 240 g/mol. The minimum atomic E-state index is -0.864. The summed E-state index contributed by atoms with van der Waals surface area (Å²) in [6.45, 7) is 2.83. The minimum Gasteiger partial charge on any atom is -0.396 e. The number of hydrogen-bond donors (Lipinski definition) is 3. The fraction of sp³-hybridized carbons (Fsp3) is 0.909. The summed E-state index contributed by atoms with van der Waals surface area (Å²) < 4.78 is 0. The van der Waals surface area contributed by atoms with Crippen LogP contribution in [0.1, 0.15) is 13.3 Å². The standard InChI is InChI=1S/C11H20N2O3S/c1-3-13(2)11-12-8-7(17-11)4-6(5-14)9(15)10(8)16/h6-10,14-16H,3-5H2,1-2H3/t6-,7+,8+,9-,10-/m1/s1. The molecule has 0 spiro atoms. The van der Waals surface area contributed by atoms with Gasteiger partial charge in [0, 0.05) is 31.4 Å². The van der Waals surface area contributed by atoms with Crippen molar-refractivity contribution in [3.8, 4) is 0 Å². The molecule has 1 heterocycles. The molecule has 0 aromatic carbocycles. The van der Waals surface area contributed by atoms with E-state index in [2.05, 4.69) is 4.99 Å². The molecule has 1 aliphatic carbocycles. The molecule has 98 valence electrons. The molecule has 17 heavy (non-hydrogen) atoms. The Morgan fingerprint density at radius 1 is 1.41 bits per heavy atom. The summed E-state index contributed by atoms with van der Waals surface area (Å²) in [7, 11) is 1.97. The molecule has 0 amide bonds. The summed E-state index contributed by atoms with van der Waals surface area (Å²) >= 11 is 1.65. The van der Waals surface area contributed by atoms with E-state index in [9.17, 15) is 15.3 Å². The highest BCUT2D eigenvalue weighted by atomic mass is 32.2. The number of fused-ring (bicyclic) bond motifs is 1. The quantitative estimate of drug-likeness (QED) is 0.625. The number of rotatable bonds is 2. The second kappa shape index (κ2) is 5.14. The van der Waals surface area contributed by atoms with Crippen molar-refractivity contribution < 1.29 is 15.3 Å². The Morgan fingerprint density at radius 2 is 2.12 bits per heavy atom. The van der Waals surface area contributed by atoms with Crippen molar-refractivity contribution in [1.29, 1.82) is 0 Å². The van der Waals surface area contributed by atoms with E-state index in [0.717, 1.165) is 11.7 Å². The summed E-state index contributed by atoms with van der Waals surface area (Å²) in [6, 6.07) is -0.234. The Morgan fingerprint density at radius 3 is 2.71 bits per heavy atom. The molecule has 0 radical (unpaired) electrons. The van der Waals surface area contributed by atoms with Crippen molar-refractivity contribution in [3.05, 3.63) is 0 Å². The fourth-order valence-corrected chi connectivity index (χ4v) is 3.82. The number of hydrogen-bond acceptors (Lipinski definition) is 6. The van der Waals surface area contributed by atoms with E-state index < -0.39 is 12.2 Å². The van der Waals surface area contributed by atoms with Gasteiger partial charge in [0.15, 0.2) is 5.17 Å². The van der Waals surface area contributed by atoms with Gasteiger partial charge in [-0.05, 0) is 13.3 Å². The molecular formula is C11H20N2O3S. The van der Waals surface area contributed by atoms with Gasteiger partial charge >= 0.3 is 0 Å². The lowest BCUT2D eigenvalue weighted by Gasteiger charge is -2.37. The van der Waals surface area contributed by atoms with E-state index in [1.165, 1.54) is 0 Å². The van der Waals surface area contributed by atoms with E-state index in [1.54, 1.807) is 11.8 Å². The molecule has 0 aromatic heterocycles. The van der Waals surface area contributed by atoms with Crippen LogP contribution in [0.3, 0.4) is 0 Å². The molecule has 1 fully saturated rings. The maximum absolute atomic E-state index is 10.0. The molecule has 6 heteroatoms. The highest BCUT2D eigenvalue weighted by Crippen LogP contribution is 2.40. The molecule has 2 rings (SSSR count). The van der Waals surface area contributed by atoms with E-state index in [1.807, 2.05) is 18.9 Å². The van der Waals surface area contributed by atoms with Crippen LogP contribution in [0.4, 0.5) is 0 Å². The number of aliphatic hydroxyl groups excluding tert-OH is 3. The zero-order valence-electron chi connectivity index (χ0n) is 10.2. The smallest absolute Gasteiger partial charge is 0.159 e. The van der Waals surface area contributed by atoms with Gasteiger partial charge in [-0.3, -0.25) is 4.99 Å². The topological polar surface area (TPSA) is 76.3 Å². The molecule has 1 aliphatic heterocycles. The first-order chi connectivity index (χ1) is 8.08. The number of aliphatic hydroxyl groups is 3. The third kappa shape index (κ3) is 2.31. The van der Waals surface area contributed by atoms with Crippen LogP contribution in [0.15, 0.2) is 4.99 Å². The number of nitrogens with zero attached hydrogens (tertiary/aromatic N) is 2. The van der Waals surface area contributed by atoms with Crippen LogP contribution in [0.5, 0.6) is 0 Å². The SMILES string of the molecule is CCN(C)C1=N[C@@H]2[C@@H](O)[C@H](O)[C@@H](CO)C[C@@H]2S1. The summed E-state index contributed by atoms with van der Waals surface area (Å²) in [5.74, 6) is -0.236. The molecule has 2 aliphatic rings. The average molecular weight is 260 g/mol. The lowest BCUT2D eigenvalue weighted by Crippen LogP contribution is -2.51. The van der Waals surface area contributed by atoms with Crippen molar-refractivity contribution in [1.82, 2.24) is 4.90 Å². The van der Waals surface area contributed by atoms with Crippen molar-refractivity contribution in [2.75, 3.05) is 20.2 Å². The van der Waals surface area contributed by atoms with Crippen molar-refractivity contribution in [2.24, 2.45) is 10.9 Å². The molecule has 0 aromatic rings. The molecule has 3 N–H and O–H groups in total. The van der Waals surface area contributed by atoms with Crippen molar-refractivity contribution >= 4 is 16.9 Å². The van der Waals surface area contributed by atoms with Crippen LogP contribution in [-0.4, -0.2) is 69.1 Å². The second-order valence-corrected chi connectivity index (χ2v) is 5.94. The van der Waals surface area contributed by atoms with Gasteiger partial charge in [0.25, 0.3) is 0 Å². The first kappa shape index (κ1) is 13.1. The van der Waals surface area contributed by atoms with Gasteiger partial charge < -0.3 is 20.2 Å². The summed E-state index contributed by atoms with van der Waals surface area (Å²) in [5.41, 5.74) is 0. The van der Waals surface area contributed by atoms with E-state index in [0.29, 0.717) is 6.42 Å². The first-order valence-electron chi connectivity index (χ1n) is 6.01. The molecule has 0 unspecified atom stereocenters. The van der Waals surface area contributed by atoms with E-state index in [-0.39, 0.29) is 23.8 Å². The highest BCUT2D eigenvalue weighted by molar-refractivity contribution is 8.14. The number of thioether (sulfide) groups is 1. The summed E-state index contributed by atoms with van der Waals surface area (Å²) in [5, 5.41) is 30.2. The van der Waals surface area contributed by atoms with Crippen LogP contribution in [0.2, 0.25) is 0 Å². The number of amidine groups is 1.